The molecule has 4 heteroatoms. The van der Waals surface area contributed by atoms with Crippen molar-refractivity contribution in [1.29, 1.82) is 0 Å². The van der Waals surface area contributed by atoms with Crippen LogP contribution in [-0.4, -0.2) is 24.2 Å². The third kappa shape index (κ3) is 45.0. The van der Waals surface area contributed by atoms with Gasteiger partial charge in [0.05, 0.1) is 7.11 Å². The number of carbonyl (C=O) groups excluding carboxylic acids is 1. The van der Waals surface area contributed by atoms with Gasteiger partial charge in [0.15, 0.2) is 0 Å². The summed E-state index contributed by atoms with van der Waals surface area (Å²) in [5, 5.41) is 8.65. The number of aliphatic carboxylic acids is 1. The quantitative estimate of drug-likeness (QED) is 0.0506. The largest absolute Gasteiger partial charge is 0.481 e. The second kappa shape index (κ2) is 44.1. The SMILES string of the molecule is COC(=O)CCCCCCCCCCCCCCCCCCCCCCCCCCCCCCCCCCCCCCCCCCCC(=O)O. The van der Waals surface area contributed by atoms with Crippen LogP contribution in [0.2, 0.25) is 0 Å². The van der Waals surface area contributed by atoms with E-state index < -0.39 is 5.97 Å². The Labute approximate surface area is 313 Å². The Morgan fingerprint density at radius 1 is 0.280 bits per heavy atom. The highest BCUT2D eigenvalue weighted by molar-refractivity contribution is 5.69. The number of esters is 1. The molecular weight excluding hydrogens is 617 g/mol. The summed E-state index contributed by atoms with van der Waals surface area (Å²) in [6, 6.07) is 0. The molecule has 0 aromatic heterocycles. The average molecular weight is 707 g/mol. The number of methoxy groups -OCH3 is 1. The molecule has 0 unspecified atom stereocenters. The first-order chi connectivity index (χ1) is 24.7. The molecule has 0 amide bonds. The van der Waals surface area contributed by atoms with Gasteiger partial charge in [0, 0.05) is 12.8 Å². The molecule has 0 fully saturated rings. The van der Waals surface area contributed by atoms with Crippen LogP contribution in [0.3, 0.4) is 0 Å². The molecule has 0 aliphatic heterocycles. The zero-order valence-electron chi connectivity index (χ0n) is 34.1. The van der Waals surface area contributed by atoms with Crippen LogP contribution in [0.15, 0.2) is 0 Å². The van der Waals surface area contributed by atoms with Gasteiger partial charge in [0.25, 0.3) is 0 Å². The Hall–Kier alpha value is -1.06. The predicted molar refractivity (Wildman–Crippen MR) is 218 cm³/mol. The van der Waals surface area contributed by atoms with Crippen LogP contribution in [0.1, 0.15) is 276 Å². The van der Waals surface area contributed by atoms with E-state index in [0.717, 1.165) is 19.3 Å². The summed E-state index contributed by atoms with van der Waals surface area (Å²) in [6.07, 6.45) is 57.6. The number of carboxylic acid groups (broad SMARTS) is 1. The fourth-order valence-electron chi connectivity index (χ4n) is 7.54. The number of ether oxygens (including phenoxy) is 1. The fraction of sp³-hybridized carbons (Fsp3) is 0.957. The number of carbonyl (C=O) groups is 2. The summed E-state index contributed by atoms with van der Waals surface area (Å²) >= 11 is 0. The Morgan fingerprint density at radius 3 is 0.560 bits per heavy atom. The van der Waals surface area contributed by atoms with Crippen molar-refractivity contribution >= 4 is 11.9 Å². The summed E-state index contributed by atoms with van der Waals surface area (Å²) in [7, 11) is 1.48. The number of rotatable bonds is 44. The summed E-state index contributed by atoms with van der Waals surface area (Å²) < 4.78 is 4.69. The summed E-state index contributed by atoms with van der Waals surface area (Å²) in [6.45, 7) is 0. The van der Waals surface area contributed by atoms with Gasteiger partial charge in [-0.05, 0) is 12.8 Å². The van der Waals surface area contributed by atoms with Crippen molar-refractivity contribution in [2.75, 3.05) is 7.11 Å². The molecule has 0 aromatic carbocycles. The highest BCUT2D eigenvalue weighted by atomic mass is 16.5. The first-order valence-corrected chi connectivity index (χ1v) is 23.0. The summed E-state index contributed by atoms with van der Waals surface area (Å²) in [4.78, 5) is 21.6. The van der Waals surface area contributed by atoms with Gasteiger partial charge in [-0.3, -0.25) is 9.59 Å². The Bertz CT molecular complexity index is 663. The summed E-state index contributed by atoms with van der Waals surface area (Å²) in [5.74, 6) is -0.713. The predicted octanol–water partition coefficient (Wildman–Crippen LogP) is 16.0. The van der Waals surface area contributed by atoms with Crippen LogP contribution in [-0.2, 0) is 14.3 Å². The van der Waals surface area contributed by atoms with E-state index in [1.807, 2.05) is 0 Å². The van der Waals surface area contributed by atoms with E-state index >= 15 is 0 Å². The first kappa shape index (κ1) is 48.9. The standard InChI is InChI=1S/C46H90O4/c1-50-46(49)44-42-40-38-36-34-32-30-28-26-24-22-20-18-16-14-12-10-8-6-4-2-3-5-7-9-11-13-15-17-19-21-23-25-27-29-31-33-35-37-39-41-43-45(47)48/h2-44H2,1H3,(H,47,48). The minimum Gasteiger partial charge on any atom is -0.481 e. The molecular formula is C46H90O4. The third-order valence-electron chi connectivity index (χ3n) is 11.0. The van der Waals surface area contributed by atoms with Crippen LogP contribution < -0.4 is 0 Å². The van der Waals surface area contributed by atoms with E-state index in [1.54, 1.807) is 0 Å². The summed E-state index contributed by atoms with van der Waals surface area (Å²) in [5.41, 5.74) is 0. The van der Waals surface area contributed by atoms with Gasteiger partial charge in [0.2, 0.25) is 0 Å². The van der Waals surface area contributed by atoms with Crippen LogP contribution in [0.5, 0.6) is 0 Å². The molecule has 0 heterocycles. The highest BCUT2D eigenvalue weighted by Gasteiger charge is 2.01. The molecule has 0 atom stereocenters. The van der Waals surface area contributed by atoms with E-state index in [-0.39, 0.29) is 5.97 Å². The maximum atomic E-state index is 11.1. The number of carboxylic acids is 1. The normalized spacial score (nSPS) is 11.4. The van der Waals surface area contributed by atoms with Crippen molar-refractivity contribution in [3.05, 3.63) is 0 Å². The Morgan fingerprint density at radius 2 is 0.420 bits per heavy atom. The van der Waals surface area contributed by atoms with E-state index in [9.17, 15) is 9.59 Å². The molecule has 1 N–H and O–H groups in total. The van der Waals surface area contributed by atoms with Crippen molar-refractivity contribution in [3.8, 4) is 0 Å². The zero-order valence-corrected chi connectivity index (χ0v) is 34.1. The van der Waals surface area contributed by atoms with Gasteiger partial charge in [-0.2, -0.15) is 0 Å². The van der Waals surface area contributed by atoms with Gasteiger partial charge in [-0.1, -0.05) is 250 Å². The van der Waals surface area contributed by atoms with E-state index in [4.69, 9.17) is 5.11 Å². The van der Waals surface area contributed by atoms with Crippen molar-refractivity contribution in [2.24, 2.45) is 0 Å². The second-order valence-electron chi connectivity index (χ2n) is 16.0. The number of hydrogen-bond donors (Lipinski definition) is 1. The Kier molecular flexibility index (Phi) is 43.2. The minimum absolute atomic E-state index is 0.0629. The molecule has 50 heavy (non-hydrogen) atoms. The highest BCUT2D eigenvalue weighted by Crippen LogP contribution is 2.18. The maximum absolute atomic E-state index is 11.1. The molecule has 0 aromatic rings. The van der Waals surface area contributed by atoms with Crippen LogP contribution in [0.4, 0.5) is 0 Å². The molecule has 0 spiro atoms. The Balaban J connectivity index is 3.06. The lowest BCUT2D eigenvalue weighted by molar-refractivity contribution is -0.141. The van der Waals surface area contributed by atoms with Gasteiger partial charge in [0.1, 0.15) is 0 Å². The smallest absolute Gasteiger partial charge is 0.305 e. The average Bonchev–Trinajstić information content (AvgIpc) is 3.11. The van der Waals surface area contributed by atoms with Crippen molar-refractivity contribution in [2.45, 2.75) is 276 Å². The fourth-order valence-corrected chi connectivity index (χ4v) is 7.54. The van der Waals surface area contributed by atoms with Crippen molar-refractivity contribution in [3.63, 3.8) is 0 Å². The van der Waals surface area contributed by atoms with Gasteiger partial charge in [-0.25, -0.2) is 0 Å². The molecule has 0 rings (SSSR count). The lowest BCUT2D eigenvalue weighted by Crippen LogP contribution is -1.99. The van der Waals surface area contributed by atoms with Crippen molar-refractivity contribution in [1.82, 2.24) is 0 Å². The van der Waals surface area contributed by atoms with Gasteiger partial charge >= 0.3 is 11.9 Å². The van der Waals surface area contributed by atoms with E-state index in [0.29, 0.717) is 12.8 Å². The van der Waals surface area contributed by atoms with E-state index in [1.165, 1.54) is 251 Å². The maximum Gasteiger partial charge on any atom is 0.305 e. The first-order valence-electron chi connectivity index (χ1n) is 23.0. The molecule has 298 valence electrons. The molecule has 0 saturated heterocycles. The molecule has 0 aliphatic rings. The monoisotopic (exact) mass is 707 g/mol. The van der Waals surface area contributed by atoms with Crippen LogP contribution in [0, 0.1) is 0 Å². The molecule has 4 nitrogen and oxygen atoms in total. The number of hydrogen-bond acceptors (Lipinski definition) is 3. The molecule has 0 aliphatic carbocycles. The van der Waals surface area contributed by atoms with Gasteiger partial charge < -0.3 is 9.84 Å². The van der Waals surface area contributed by atoms with Crippen LogP contribution in [0.25, 0.3) is 0 Å². The molecule has 0 bridgehead atoms. The van der Waals surface area contributed by atoms with Crippen molar-refractivity contribution < 1.29 is 19.4 Å². The number of unbranched alkanes of at least 4 members (excludes halogenated alkanes) is 40. The topological polar surface area (TPSA) is 63.6 Å². The minimum atomic E-state index is -0.650. The van der Waals surface area contributed by atoms with E-state index in [2.05, 4.69) is 4.74 Å². The lowest BCUT2D eigenvalue weighted by atomic mass is 10.0. The van der Waals surface area contributed by atoms with Gasteiger partial charge in [-0.15, -0.1) is 0 Å². The zero-order chi connectivity index (χ0) is 36.3. The lowest BCUT2D eigenvalue weighted by Gasteiger charge is -2.05. The van der Waals surface area contributed by atoms with Crippen LogP contribution >= 0.6 is 0 Å². The third-order valence-corrected chi connectivity index (χ3v) is 11.0. The molecule has 0 saturated carbocycles. The molecule has 0 radical (unpaired) electrons. The second-order valence-corrected chi connectivity index (χ2v) is 16.0.